The molecule has 2 nitrogen and oxygen atoms in total. The summed E-state index contributed by atoms with van der Waals surface area (Å²) in [4.78, 5) is 2.45. The molecule has 1 N–H and O–H groups in total. The maximum atomic E-state index is 3.48. The van der Waals surface area contributed by atoms with Crippen molar-refractivity contribution in [1.29, 1.82) is 0 Å². The van der Waals surface area contributed by atoms with Gasteiger partial charge in [-0.2, -0.15) is 0 Å². The second-order valence-electron chi connectivity index (χ2n) is 5.21. The van der Waals surface area contributed by atoms with E-state index in [0.717, 1.165) is 24.6 Å². The molecule has 0 spiro atoms. The van der Waals surface area contributed by atoms with E-state index in [-0.39, 0.29) is 0 Å². The fraction of sp³-hybridized carbons (Fsp3) is 0.529. The van der Waals surface area contributed by atoms with Gasteiger partial charge in [0.1, 0.15) is 0 Å². The fourth-order valence-corrected chi connectivity index (χ4v) is 2.53. The fourth-order valence-electron chi connectivity index (χ4n) is 2.53. The summed E-state index contributed by atoms with van der Waals surface area (Å²) in [5, 5.41) is 3.48. The van der Waals surface area contributed by atoms with Gasteiger partial charge < -0.3 is 5.32 Å². The van der Waals surface area contributed by atoms with Crippen LogP contribution in [0.3, 0.4) is 0 Å². The van der Waals surface area contributed by atoms with Gasteiger partial charge in [0.05, 0.1) is 6.54 Å². The van der Waals surface area contributed by atoms with Crippen molar-refractivity contribution in [3.63, 3.8) is 0 Å². The van der Waals surface area contributed by atoms with Crippen LogP contribution in [0.1, 0.15) is 25.3 Å². The van der Waals surface area contributed by atoms with Crippen molar-refractivity contribution in [1.82, 2.24) is 10.2 Å². The molecule has 1 aliphatic rings. The SMILES string of the molecule is CCN(CC#Cc1ccccc1)CC1CCCNC1. The molecule has 0 aliphatic carbocycles. The average molecular weight is 256 g/mol. The molecule has 19 heavy (non-hydrogen) atoms. The van der Waals surface area contributed by atoms with Gasteiger partial charge in [-0.15, -0.1) is 0 Å². The topological polar surface area (TPSA) is 15.3 Å². The number of hydrogen-bond donors (Lipinski definition) is 1. The standard InChI is InChI=1S/C17H24N2/c1-2-19(15-17-10-6-12-18-14-17)13-7-11-16-8-4-3-5-9-16/h3-5,8-9,17-18H,2,6,10,12-15H2,1H3. The Bertz CT molecular complexity index is 410. The molecule has 1 heterocycles. The lowest BCUT2D eigenvalue weighted by Crippen LogP contribution is -2.38. The van der Waals surface area contributed by atoms with E-state index in [1.54, 1.807) is 0 Å². The molecule has 0 amide bonds. The van der Waals surface area contributed by atoms with Crippen LogP contribution in [0.4, 0.5) is 0 Å². The molecule has 1 aromatic carbocycles. The van der Waals surface area contributed by atoms with Gasteiger partial charge in [-0.25, -0.2) is 0 Å². The monoisotopic (exact) mass is 256 g/mol. The van der Waals surface area contributed by atoms with E-state index in [1.165, 1.54) is 32.5 Å². The van der Waals surface area contributed by atoms with E-state index in [4.69, 9.17) is 0 Å². The summed E-state index contributed by atoms with van der Waals surface area (Å²) in [7, 11) is 0. The average Bonchev–Trinajstić information content (AvgIpc) is 2.48. The van der Waals surface area contributed by atoms with Crippen molar-refractivity contribution in [2.75, 3.05) is 32.7 Å². The van der Waals surface area contributed by atoms with E-state index < -0.39 is 0 Å². The van der Waals surface area contributed by atoms with Crippen LogP contribution in [0.25, 0.3) is 0 Å². The summed E-state index contributed by atoms with van der Waals surface area (Å²) in [6.45, 7) is 7.72. The zero-order chi connectivity index (χ0) is 13.3. The van der Waals surface area contributed by atoms with Crippen molar-refractivity contribution in [3.8, 4) is 11.8 Å². The third-order valence-electron chi connectivity index (χ3n) is 3.67. The van der Waals surface area contributed by atoms with Crippen LogP contribution >= 0.6 is 0 Å². The molecule has 0 bridgehead atoms. The Morgan fingerprint density at radius 1 is 1.32 bits per heavy atom. The van der Waals surface area contributed by atoms with Gasteiger partial charge in [0, 0.05) is 12.1 Å². The minimum absolute atomic E-state index is 0.798. The highest BCUT2D eigenvalue weighted by Gasteiger charge is 2.15. The van der Waals surface area contributed by atoms with Gasteiger partial charge in [0.15, 0.2) is 0 Å². The summed E-state index contributed by atoms with van der Waals surface area (Å²) in [6, 6.07) is 10.2. The first kappa shape index (κ1) is 14.1. The largest absolute Gasteiger partial charge is 0.316 e. The number of nitrogens with zero attached hydrogens (tertiary/aromatic N) is 1. The summed E-state index contributed by atoms with van der Waals surface area (Å²) in [6.07, 6.45) is 2.67. The normalized spacial score (nSPS) is 18.9. The van der Waals surface area contributed by atoms with Crippen molar-refractivity contribution in [3.05, 3.63) is 35.9 Å². The van der Waals surface area contributed by atoms with Crippen LogP contribution in [0.5, 0.6) is 0 Å². The van der Waals surface area contributed by atoms with E-state index in [2.05, 4.69) is 41.1 Å². The summed E-state index contributed by atoms with van der Waals surface area (Å²) >= 11 is 0. The minimum Gasteiger partial charge on any atom is -0.316 e. The Kier molecular flexibility index (Phi) is 5.94. The van der Waals surface area contributed by atoms with Gasteiger partial charge >= 0.3 is 0 Å². The number of piperidine rings is 1. The first-order valence-electron chi connectivity index (χ1n) is 7.35. The van der Waals surface area contributed by atoms with Gasteiger partial charge in [0.25, 0.3) is 0 Å². The highest BCUT2D eigenvalue weighted by Crippen LogP contribution is 2.11. The van der Waals surface area contributed by atoms with Crippen molar-refractivity contribution < 1.29 is 0 Å². The molecule has 0 radical (unpaired) electrons. The zero-order valence-electron chi connectivity index (χ0n) is 11.9. The third kappa shape index (κ3) is 5.06. The molecular weight excluding hydrogens is 232 g/mol. The molecular formula is C17H24N2. The molecule has 2 heteroatoms. The molecule has 0 aromatic heterocycles. The molecule has 1 aromatic rings. The van der Waals surface area contributed by atoms with E-state index in [9.17, 15) is 0 Å². The highest BCUT2D eigenvalue weighted by atomic mass is 15.1. The van der Waals surface area contributed by atoms with Crippen molar-refractivity contribution in [2.24, 2.45) is 5.92 Å². The minimum atomic E-state index is 0.798. The maximum Gasteiger partial charge on any atom is 0.0605 e. The van der Waals surface area contributed by atoms with Gasteiger partial charge in [-0.1, -0.05) is 37.0 Å². The predicted molar refractivity (Wildman–Crippen MR) is 81.0 cm³/mol. The Morgan fingerprint density at radius 2 is 2.16 bits per heavy atom. The van der Waals surface area contributed by atoms with Gasteiger partial charge in [-0.3, -0.25) is 4.90 Å². The van der Waals surface area contributed by atoms with E-state index in [1.807, 2.05) is 18.2 Å². The molecule has 1 unspecified atom stereocenters. The van der Waals surface area contributed by atoms with Crippen LogP contribution in [-0.2, 0) is 0 Å². The first-order valence-corrected chi connectivity index (χ1v) is 7.35. The second kappa shape index (κ2) is 7.99. The smallest absolute Gasteiger partial charge is 0.0605 e. The van der Waals surface area contributed by atoms with E-state index >= 15 is 0 Å². The lowest BCUT2D eigenvalue weighted by Gasteiger charge is -2.28. The van der Waals surface area contributed by atoms with Crippen molar-refractivity contribution >= 4 is 0 Å². The van der Waals surface area contributed by atoms with Crippen LogP contribution in [-0.4, -0.2) is 37.6 Å². The molecule has 2 rings (SSSR count). The molecule has 1 saturated heterocycles. The Balaban J connectivity index is 1.80. The second-order valence-corrected chi connectivity index (χ2v) is 5.21. The molecule has 1 fully saturated rings. The predicted octanol–water partition coefficient (Wildman–Crippen LogP) is 2.36. The summed E-state index contributed by atoms with van der Waals surface area (Å²) in [5.74, 6) is 7.34. The number of nitrogens with one attached hydrogen (secondary N) is 1. The Morgan fingerprint density at radius 3 is 2.84 bits per heavy atom. The Hall–Kier alpha value is -1.30. The number of rotatable bonds is 4. The Labute approximate surface area is 117 Å². The van der Waals surface area contributed by atoms with Crippen LogP contribution < -0.4 is 5.32 Å². The first-order chi connectivity index (χ1) is 9.38. The van der Waals surface area contributed by atoms with Crippen LogP contribution in [0, 0.1) is 17.8 Å². The molecule has 0 saturated carbocycles. The third-order valence-corrected chi connectivity index (χ3v) is 3.67. The zero-order valence-corrected chi connectivity index (χ0v) is 11.9. The molecule has 102 valence electrons. The molecule has 1 atom stereocenters. The molecule has 1 aliphatic heterocycles. The van der Waals surface area contributed by atoms with Crippen LogP contribution in [0.15, 0.2) is 30.3 Å². The van der Waals surface area contributed by atoms with Gasteiger partial charge in [0.2, 0.25) is 0 Å². The highest BCUT2D eigenvalue weighted by molar-refractivity contribution is 5.33. The van der Waals surface area contributed by atoms with Crippen LogP contribution in [0.2, 0.25) is 0 Å². The quantitative estimate of drug-likeness (QED) is 0.832. The summed E-state index contributed by atoms with van der Waals surface area (Å²) < 4.78 is 0. The maximum absolute atomic E-state index is 3.48. The van der Waals surface area contributed by atoms with E-state index in [0.29, 0.717) is 0 Å². The van der Waals surface area contributed by atoms with Crippen molar-refractivity contribution in [2.45, 2.75) is 19.8 Å². The lowest BCUT2D eigenvalue weighted by molar-refractivity contribution is 0.236. The lowest BCUT2D eigenvalue weighted by atomic mass is 9.99. The van der Waals surface area contributed by atoms with Gasteiger partial charge in [-0.05, 0) is 50.5 Å². The number of hydrogen-bond acceptors (Lipinski definition) is 2. The number of benzene rings is 1. The summed E-state index contributed by atoms with van der Waals surface area (Å²) in [5.41, 5.74) is 1.11.